The highest BCUT2D eigenvalue weighted by Gasteiger charge is 2.17. The van der Waals surface area contributed by atoms with Crippen LogP contribution in [0, 0.1) is 6.92 Å². The summed E-state index contributed by atoms with van der Waals surface area (Å²) < 4.78 is 0. The third kappa shape index (κ3) is 1.52. The lowest BCUT2D eigenvalue weighted by Crippen LogP contribution is -2.35. The lowest BCUT2D eigenvalue weighted by atomic mass is 9.97. The van der Waals surface area contributed by atoms with Crippen LogP contribution in [0.25, 0.3) is 0 Å². The summed E-state index contributed by atoms with van der Waals surface area (Å²) in [5.41, 5.74) is 9.43. The van der Waals surface area contributed by atoms with E-state index in [0.29, 0.717) is 0 Å². The fourth-order valence-corrected chi connectivity index (χ4v) is 1.90. The second kappa shape index (κ2) is 3.20. The molecule has 0 aliphatic carbocycles. The van der Waals surface area contributed by atoms with Gasteiger partial charge in [-0.2, -0.15) is 0 Å². The molecule has 0 saturated heterocycles. The molecule has 1 aromatic carbocycles. The molecule has 1 aromatic rings. The summed E-state index contributed by atoms with van der Waals surface area (Å²) in [7, 11) is 0. The summed E-state index contributed by atoms with van der Waals surface area (Å²) >= 11 is 6.01. The molecule has 0 fully saturated rings. The molecule has 1 heterocycles. The monoisotopic (exact) mass is 196 g/mol. The van der Waals surface area contributed by atoms with E-state index < -0.39 is 0 Å². The molecule has 2 rings (SSSR count). The first-order chi connectivity index (χ1) is 6.18. The molecule has 0 spiro atoms. The molecule has 1 aliphatic rings. The van der Waals surface area contributed by atoms with E-state index in [1.165, 1.54) is 11.3 Å². The van der Waals surface area contributed by atoms with Crippen molar-refractivity contribution in [1.82, 2.24) is 0 Å². The summed E-state index contributed by atoms with van der Waals surface area (Å²) in [5.74, 6) is 0. The van der Waals surface area contributed by atoms with Gasteiger partial charge in [0.1, 0.15) is 0 Å². The van der Waals surface area contributed by atoms with E-state index in [1.54, 1.807) is 0 Å². The molecule has 0 amide bonds. The van der Waals surface area contributed by atoms with Crippen LogP contribution in [0.4, 0.5) is 5.69 Å². The van der Waals surface area contributed by atoms with E-state index in [0.717, 1.165) is 23.6 Å². The van der Waals surface area contributed by atoms with Gasteiger partial charge in [-0.1, -0.05) is 17.7 Å². The second-order valence-electron chi connectivity index (χ2n) is 3.55. The van der Waals surface area contributed by atoms with E-state index in [2.05, 4.69) is 11.4 Å². The Hall–Kier alpha value is -0.730. The van der Waals surface area contributed by atoms with Gasteiger partial charge in [-0.15, -0.1) is 0 Å². The number of nitrogens with two attached hydrogens (primary N) is 1. The topological polar surface area (TPSA) is 38.0 Å². The third-order valence-corrected chi connectivity index (χ3v) is 2.92. The SMILES string of the molecule is Cc1c(Cl)ccc2c1NCC(N)C2. The molecule has 1 atom stereocenters. The van der Waals surface area contributed by atoms with Crippen LogP contribution in [0.1, 0.15) is 11.1 Å². The highest BCUT2D eigenvalue weighted by atomic mass is 35.5. The third-order valence-electron chi connectivity index (χ3n) is 2.51. The van der Waals surface area contributed by atoms with Crippen molar-refractivity contribution >= 4 is 17.3 Å². The lowest BCUT2D eigenvalue weighted by molar-refractivity contribution is 0.678. The maximum absolute atomic E-state index is 6.01. The van der Waals surface area contributed by atoms with E-state index in [1.807, 2.05) is 13.0 Å². The fourth-order valence-electron chi connectivity index (χ4n) is 1.75. The van der Waals surface area contributed by atoms with Crippen LogP contribution in [0.2, 0.25) is 5.02 Å². The van der Waals surface area contributed by atoms with Crippen molar-refractivity contribution < 1.29 is 0 Å². The molecular weight excluding hydrogens is 184 g/mol. The minimum absolute atomic E-state index is 0.230. The number of nitrogens with one attached hydrogen (secondary N) is 1. The Labute approximate surface area is 83.1 Å². The summed E-state index contributed by atoms with van der Waals surface area (Å²) in [5, 5.41) is 4.13. The van der Waals surface area contributed by atoms with Crippen LogP contribution in [-0.2, 0) is 6.42 Å². The van der Waals surface area contributed by atoms with Crippen molar-refractivity contribution in [3.8, 4) is 0 Å². The van der Waals surface area contributed by atoms with E-state index in [-0.39, 0.29) is 6.04 Å². The Morgan fingerprint density at radius 2 is 2.31 bits per heavy atom. The van der Waals surface area contributed by atoms with Crippen LogP contribution in [0.15, 0.2) is 12.1 Å². The molecule has 3 N–H and O–H groups in total. The lowest BCUT2D eigenvalue weighted by Gasteiger charge is -2.25. The Morgan fingerprint density at radius 1 is 1.54 bits per heavy atom. The molecule has 0 saturated carbocycles. The van der Waals surface area contributed by atoms with Gasteiger partial charge in [-0.3, -0.25) is 0 Å². The number of halogens is 1. The van der Waals surface area contributed by atoms with Crippen LogP contribution < -0.4 is 11.1 Å². The minimum atomic E-state index is 0.230. The number of fused-ring (bicyclic) bond motifs is 1. The first kappa shape index (κ1) is 8.85. The summed E-state index contributed by atoms with van der Waals surface area (Å²) in [6, 6.07) is 4.22. The largest absolute Gasteiger partial charge is 0.383 e. The van der Waals surface area contributed by atoms with Crippen molar-refractivity contribution in [2.75, 3.05) is 11.9 Å². The van der Waals surface area contributed by atoms with Gasteiger partial charge in [-0.05, 0) is 30.5 Å². The first-order valence-electron chi connectivity index (χ1n) is 4.46. The van der Waals surface area contributed by atoms with Crippen molar-refractivity contribution in [3.05, 3.63) is 28.3 Å². The van der Waals surface area contributed by atoms with Crippen LogP contribution in [-0.4, -0.2) is 12.6 Å². The van der Waals surface area contributed by atoms with Crippen LogP contribution in [0.3, 0.4) is 0 Å². The Morgan fingerprint density at radius 3 is 3.08 bits per heavy atom. The van der Waals surface area contributed by atoms with Gasteiger partial charge >= 0.3 is 0 Å². The standard InChI is InChI=1S/C10H13ClN2/c1-6-9(11)3-2-7-4-8(12)5-13-10(6)7/h2-3,8,13H,4-5,12H2,1H3. The maximum atomic E-state index is 6.01. The molecule has 13 heavy (non-hydrogen) atoms. The number of benzene rings is 1. The zero-order valence-electron chi connectivity index (χ0n) is 7.60. The highest BCUT2D eigenvalue weighted by molar-refractivity contribution is 6.31. The Balaban J connectivity index is 2.47. The second-order valence-corrected chi connectivity index (χ2v) is 3.96. The van der Waals surface area contributed by atoms with Crippen molar-refractivity contribution in [3.63, 3.8) is 0 Å². The average Bonchev–Trinajstić information content (AvgIpc) is 2.12. The van der Waals surface area contributed by atoms with Crippen LogP contribution in [0.5, 0.6) is 0 Å². The summed E-state index contributed by atoms with van der Waals surface area (Å²) in [6.45, 7) is 2.87. The predicted octanol–water partition coefficient (Wildman–Crippen LogP) is 1.94. The number of hydrogen-bond acceptors (Lipinski definition) is 2. The first-order valence-corrected chi connectivity index (χ1v) is 4.83. The molecule has 0 radical (unpaired) electrons. The van der Waals surface area contributed by atoms with Gasteiger partial charge in [0.15, 0.2) is 0 Å². The molecule has 1 aliphatic heterocycles. The molecule has 2 nitrogen and oxygen atoms in total. The molecule has 0 bridgehead atoms. The Bertz CT molecular complexity index is 336. The van der Waals surface area contributed by atoms with Crippen LogP contribution >= 0.6 is 11.6 Å². The number of hydrogen-bond donors (Lipinski definition) is 2. The molecule has 70 valence electrons. The zero-order valence-corrected chi connectivity index (χ0v) is 8.36. The number of rotatable bonds is 0. The van der Waals surface area contributed by atoms with E-state index >= 15 is 0 Å². The maximum Gasteiger partial charge on any atom is 0.0455 e. The highest BCUT2D eigenvalue weighted by Crippen LogP contribution is 2.30. The molecular formula is C10H13ClN2. The quantitative estimate of drug-likeness (QED) is 0.666. The number of anilines is 1. The van der Waals surface area contributed by atoms with Gasteiger partial charge in [0.05, 0.1) is 0 Å². The van der Waals surface area contributed by atoms with Crippen molar-refractivity contribution in [1.29, 1.82) is 0 Å². The van der Waals surface area contributed by atoms with Gasteiger partial charge in [0, 0.05) is 23.3 Å². The zero-order chi connectivity index (χ0) is 9.42. The van der Waals surface area contributed by atoms with Crippen molar-refractivity contribution in [2.24, 2.45) is 5.73 Å². The average molecular weight is 197 g/mol. The molecule has 3 heteroatoms. The fraction of sp³-hybridized carbons (Fsp3) is 0.400. The Kier molecular flexibility index (Phi) is 2.18. The molecule has 0 aromatic heterocycles. The van der Waals surface area contributed by atoms with Gasteiger partial charge in [0.2, 0.25) is 0 Å². The smallest absolute Gasteiger partial charge is 0.0455 e. The van der Waals surface area contributed by atoms with Gasteiger partial charge < -0.3 is 11.1 Å². The van der Waals surface area contributed by atoms with E-state index in [4.69, 9.17) is 17.3 Å². The van der Waals surface area contributed by atoms with Gasteiger partial charge in [-0.25, -0.2) is 0 Å². The van der Waals surface area contributed by atoms with Crippen molar-refractivity contribution in [2.45, 2.75) is 19.4 Å². The summed E-state index contributed by atoms with van der Waals surface area (Å²) in [6.07, 6.45) is 0.945. The normalized spacial score (nSPS) is 20.7. The molecule has 1 unspecified atom stereocenters. The summed E-state index contributed by atoms with van der Waals surface area (Å²) in [4.78, 5) is 0. The minimum Gasteiger partial charge on any atom is -0.383 e. The predicted molar refractivity (Wildman–Crippen MR) is 56.4 cm³/mol. The van der Waals surface area contributed by atoms with E-state index in [9.17, 15) is 0 Å². The van der Waals surface area contributed by atoms with Gasteiger partial charge in [0.25, 0.3) is 0 Å².